The maximum absolute atomic E-state index is 12.0. The summed E-state index contributed by atoms with van der Waals surface area (Å²) in [4.78, 5) is 26.0. The summed E-state index contributed by atoms with van der Waals surface area (Å²) >= 11 is 3.22. The van der Waals surface area contributed by atoms with Gasteiger partial charge in [0.25, 0.3) is 11.6 Å². The van der Waals surface area contributed by atoms with Crippen LogP contribution in [0.4, 0.5) is 11.5 Å². The van der Waals surface area contributed by atoms with Crippen molar-refractivity contribution < 1.29 is 9.72 Å². The molecule has 0 atom stereocenters. The fraction of sp³-hybridized carbons (Fsp3) is 0.0769. The molecule has 1 aromatic carbocycles. The predicted molar refractivity (Wildman–Crippen MR) is 80.6 cm³/mol. The predicted octanol–water partition coefficient (Wildman–Crippen LogP) is 2.26. The minimum absolute atomic E-state index is 0.00510. The zero-order valence-electron chi connectivity index (χ0n) is 10.7. The van der Waals surface area contributed by atoms with E-state index in [0.29, 0.717) is 4.47 Å². The Bertz CT molecular complexity index is 688. The number of anilines is 1. The Morgan fingerprint density at radius 3 is 2.67 bits per heavy atom. The van der Waals surface area contributed by atoms with Gasteiger partial charge in [-0.15, -0.1) is 0 Å². The fourth-order valence-corrected chi connectivity index (χ4v) is 1.98. The average molecular weight is 351 g/mol. The quantitative estimate of drug-likeness (QED) is 0.648. The monoisotopic (exact) mass is 350 g/mol. The van der Waals surface area contributed by atoms with E-state index in [0.717, 1.165) is 5.56 Å². The molecule has 0 spiro atoms. The number of nitro groups is 1. The van der Waals surface area contributed by atoms with Gasteiger partial charge in [-0.25, -0.2) is 4.98 Å². The molecule has 1 amide bonds. The molecular weight excluding hydrogens is 340 g/mol. The number of non-ortho nitro benzene ring substituents is 1. The number of carbonyl (C=O) groups is 1. The number of nitrogens with two attached hydrogens (primary N) is 1. The molecule has 0 aliphatic rings. The van der Waals surface area contributed by atoms with E-state index in [-0.39, 0.29) is 29.5 Å². The van der Waals surface area contributed by atoms with Gasteiger partial charge in [-0.1, -0.05) is 12.1 Å². The fourth-order valence-electron chi connectivity index (χ4n) is 1.64. The molecule has 3 N–H and O–H groups in total. The molecule has 1 aromatic heterocycles. The highest BCUT2D eigenvalue weighted by Crippen LogP contribution is 2.16. The molecule has 0 fully saturated rings. The number of nitrogens with one attached hydrogen (secondary N) is 1. The van der Waals surface area contributed by atoms with E-state index >= 15 is 0 Å². The number of amides is 1. The molecular formula is C13H11BrN4O3. The number of hydrogen-bond donors (Lipinski definition) is 2. The van der Waals surface area contributed by atoms with Gasteiger partial charge in [0.2, 0.25) is 0 Å². The van der Waals surface area contributed by atoms with Gasteiger partial charge < -0.3 is 11.1 Å². The van der Waals surface area contributed by atoms with Crippen molar-refractivity contribution in [2.45, 2.75) is 6.54 Å². The van der Waals surface area contributed by atoms with Gasteiger partial charge in [-0.05, 0) is 27.6 Å². The van der Waals surface area contributed by atoms with Gasteiger partial charge in [0.15, 0.2) is 0 Å². The summed E-state index contributed by atoms with van der Waals surface area (Å²) < 4.78 is 0.650. The van der Waals surface area contributed by atoms with E-state index in [1.807, 2.05) is 0 Å². The standard InChI is InChI=1S/C13H11BrN4O3/c14-9-5-11(12(15)16-7-9)13(19)17-6-8-1-3-10(4-2-8)18(20)21/h1-5,7H,6H2,(H2,15,16)(H,17,19). The van der Waals surface area contributed by atoms with Crippen molar-refractivity contribution in [1.82, 2.24) is 10.3 Å². The van der Waals surface area contributed by atoms with Gasteiger partial charge >= 0.3 is 0 Å². The smallest absolute Gasteiger partial charge is 0.269 e. The molecule has 2 aromatic rings. The van der Waals surface area contributed by atoms with Crippen molar-refractivity contribution in [3.63, 3.8) is 0 Å². The lowest BCUT2D eigenvalue weighted by atomic mass is 10.2. The number of nitrogens with zero attached hydrogens (tertiary/aromatic N) is 2. The van der Waals surface area contributed by atoms with Gasteiger partial charge in [-0.2, -0.15) is 0 Å². The molecule has 0 saturated carbocycles. The Morgan fingerprint density at radius 2 is 2.05 bits per heavy atom. The zero-order valence-corrected chi connectivity index (χ0v) is 12.3. The highest BCUT2D eigenvalue weighted by Gasteiger charge is 2.11. The summed E-state index contributed by atoms with van der Waals surface area (Å²) in [5.41, 5.74) is 6.67. The van der Waals surface area contributed by atoms with E-state index in [2.05, 4.69) is 26.2 Å². The van der Waals surface area contributed by atoms with Crippen LogP contribution in [-0.2, 0) is 6.54 Å². The molecule has 2 rings (SSSR count). The van der Waals surface area contributed by atoms with Crippen LogP contribution in [0, 0.1) is 10.1 Å². The number of benzene rings is 1. The first kappa shape index (κ1) is 14.9. The maximum Gasteiger partial charge on any atom is 0.269 e. The summed E-state index contributed by atoms with van der Waals surface area (Å²) in [7, 11) is 0. The molecule has 0 radical (unpaired) electrons. The van der Waals surface area contributed by atoms with E-state index in [9.17, 15) is 14.9 Å². The lowest BCUT2D eigenvalue weighted by molar-refractivity contribution is -0.384. The molecule has 1 heterocycles. The Labute approximate surface area is 128 Å². The third kappa shape index (κ3) is 3.76. The van der Waals surface area contributed by atoms with Crippen molar-refractivity contribution in [2.75, 3.05) is 5.73 Å². The summed E-state index contributed by atoms with van der Waals surface area (Å²) in [6, 6.07) is 7.52. The van der Waals surface area contributed by atoms with Crippen molar-refractivity contribution in [3.05, 3.63) is 62.2 Å². The minimum Gasteiger partial charge on any atom is -0.383 e. The number of hydrogen-bond acceptors (Lipinski definition) is 5. The first-order chi connectivity index (χ1) is 9.97. The number of halogens is 1. The molecule has 0 unspecified atom stereocenters. The second-order valence-corrected chi connectivity index (χ2v) is 5.11. The summed E-state index contributed by atoms with van der Waals surface area (Å²) in [6.45, 7) is 0.239. The van der Waals surface area contributed by atoms with E-state index in [1.54, 1.807) is 18.2 Å². The molecule has 0 saturated heterocycles. The molecule has 7 nitrogen and oxygen atoms in total. The maximum atomic E-state index is 12.0. The van der Waals surface area contributed by atoms with Gasteiger partial charge in [0, 0.05) is 29.3 Å². The number of aromatic nitrogens is 1. The van der Waals surface area contributed by atoms with E-state index < -0.39 is 4.92 Å². The number of pyridine rings is 1. The lowest BCUT2D eigenvalue weighted by Gasteiger charge is -2.07. The van der Waals surface area contributed by atoms with Crippen LogP contribution in [-0.4, -0.2) is 15.8 Å². The number of rotatable bonds is 4. The lowest BCUT2D eigenvalue weighted by Crippen LogP contribution is -2.24. The average Bonchev–Trinajstić information content (AvgIpc) is 2.47. The van der Waals surface area contributed by atoms with Gasteiger partial charge in [0.1, 0.15) is 5.82 Å². The number of nitrogen functional groups attached to an aromatic ring is 1. The normalized spacial score (nSPS) is 10.1. The summed E-state index contributed by atoms with van der Waals surface area (Å²) in [5, 5.41) is 13.2. The van der Waals surface area contributed by atoms with Crippen LogP contribution in [0.3, 0.4) is 0 Å². The van der Waals surface area contributed by atoms with Crippen molar-refractivity contribution >= 4 is 33.3 Å². The molecule has 8 heteroatoms. The number of nitro benzene ring substituents is 1. The van der Waals surface area contributed by atoms with Crippen molar-refractivity contribution in [3.8, 4) is 0 Å². The molecule has 0 bridgehead atoms. The van der Waals surface area contributed by atoms with Crippen LogP contribution < -0.4 is 11.1 Å². The minimum atomic E-state index is -0.476. The van der Waals surface area contributed by atoms with Crippen molar-refractivity contribution in [2.24, 2.45) is 0 Å². The van der Waals surface area contributed by atoms with Crippen LogP contribution in [0.15, 0.2) is 41.0 Å². The van der Waals surface area contributed by atoms with Crippen LogP contribution >= 0.6 is 15.9 Å². The number of carbonyl (C=O) groups excluding carboxylic acids is 1. The van der Waals surface area contributed by atoms with Crippen LogP contribution in [0.2, 0.25) is 0 Å². The highest BCUT2D eigenvalue weighted by atomic mass is 79.9. The third-order valence-electron chi connectivity index (χ3n) is 2.73. The highest BCUT2D eigenvalue weighted by molar-refractivity contribution is 9.10. The van der Waals surface area contributed by atoms with Crippen LogP contribution in [0.5, 0.6) is 0 Å². The van der Waals surface area contributed by atoms with Gasteiger partial charge in [0.05, 0.1) is 10.5 Å². The zero-order chi connectivity index (χ0) is 15.4. The van der Waals surface area contributed by atoms with Crippen molar-refractivity contribution in [1.29, 1.82) is 0 Å². The summed E-state index contributed by atoms with van der Waals surface area (Å²) in [5.74, 6) is -0.223. The van der Waals surface area contributed by atoms with Crippen LogP contribution in [0.25, 0.3) is 0 Å². The topological polar surface area (TPSA) is 111 Å². The van der Waals surface area contributed by atoms with Gasteiger partial charge in [-0.3, -0.25) is 14.9 Å². The third-order valence-corrected chi connectivity index (χ3v) is 3.16. The van der Waals surface area contributed by atoms with E-state index in [1.165, 1.54) is 18.3 Å². The summed E-state index contributed by atoms with van der Waals surface area (Å²) in [6.07, 6.45) is 1.50. The molecule has 21 heavy (non-hydrogen) atoms. The molecule has 0 aliphatic heterocycles. The van der Waals surface area contributed by atoms with Crippen LogP contribution in [0.1, 0.15) is 15.9 Å². The Kier molecular flexibility index (Phi) is 4.49. The first-order valence-corrected chi connectivity index (χ1v) is 6.69. The Balaban J connectivity index is 2.04. The second-order valence-electron chi connectivity index (χ2n) is 4.19. The second kappa shape index (κ2) is 6.31. The SMILES string of the molecule is Nc1ncc(Br)cc1C(=O)NCc1ccc([N+](=O)[O-])cc1. The molecule has 108 valence electrons. The van der Waals surface area contributed by atoms with E-state index in [4.69, 9.17) is 5.73 Å². The Hall–Kier alpha value is -2.48. The Morgan fingerprint density at radius 1 is 1.38 bits per heavy atom. The largest absolute Gasteiger partial charge is 0.383 e. The molecule has 0 aliphatic carbocycles. The first-order valence-electron chi connectivity index (χ1n) is 5.90.